The number of halogens is 1. The van der Waals surface area contributed by atoms with Crippen molar-refractivity contribution in [1.82, 2.24) is 20.1 Å². The molecule has 106 valence electrons. The lowest BCUT2D eigenvalue weighted by atomic mass is 10.2. The van der Waals surface area contributed by atoms with E-state index in [2.05, 4.69) is 49.6 Å². The Balaban J connectivity index is 1.70. The SMILES string of the molecule is Cc1nnc(Sc2ccc(CNC3CC3)c(Br)c2)n1C. The highest BCUT2D eigenvalue weighted by Gasteiger charge is 2.20. The summed E-state index contributed by atoms with van der Waals surface area (Å²) in [5.74, 6) is 0.928. The van der Waals surface area contributed by atoms with Crippen LogP contribution in [0.2, 0.25) is 0 Å². The van der Waals surface area contributed by atoms with E-state index in [1.54, 1.807) is 11.8 Å². The number of hydrogen-bond acceptors (Lipinski definition) is 4. The molecule has 1 heterocycles. The van der Waals surface area contributed by atoms with Crippen molar-refractivity contribution in [2.75, 3.05) is 0 Å². The van der Waals surface area contributed by atoms with Gasteiger partial charge in [-0.3, -0.25) is 0 Å². The molecule has 1 N–H and O–H groups in total. The van der Waals surface area contributed by atoms with E-state index in [0.717, 1.165) is 28.0 Å². The second-order valence-electron chi connectivity index (χ2n) is 5.10. The van der Waals surface area contributed by atoms with E-state index < -0.39 is 0 Å². The Bertz CT molecular complexity index is 622. The first-order valence-corrected chi connectivity index (χ1v) is 8.30. The number of rotatable bonds is 5. The molecule has 0 atom stereocenters. The van der Waals surface area contributed by atoms with Gasteiger partial charge in [-0.25, -0.2) is 0 Å². The molecule has 0 radical (unpaired) electrons. The zero-order chi connectivity index (χ0) is 14.1. The molecule has 0 spiro atoms. The standard InChI is InChI=1S/C14H17BrN4S/c1-9-17-18-14(19(9)2)20-12-6-3-10(13(15)7-12)8-16-11-4-5-11/h3,6-7,11,16H,4-5,8H2,1-2H3. The van der Waals surface area contributed by atoms with Gasteiger partial charge in [-0.2, -0.15) is 0 Å². The second-order valence-corrected chi connectivity index (χ2v) is 6.99. The molecule has 20 heavy (non-hydrogen) atoms. The molecule has 2 aromatic rings. The second kappa shape index (κ2) is 5.87. The third-order valence-electron chi connectivity index (χ3n) is 3.44. The van der Waals surface area contributed by atoms with Crippen molar-refractivity contribution in [3.05, 3.63) is 34.1 Å². The van der Waals surface area contributed by atoms with Crippen molar-refractivity contribution >= 4 is 27.7 Å². The molecule has 4 nitrogen and oxygen atoms in total. The maximum atomic E-state index is 4.18. The Morgan fingerprint density at radius 2 is 2.20 bits per heavy atom. The van der Waals surface area contributed by atoms with Gasteiger partial charge in [0.05, 0.1) is 0 Å². The number of benzene rings is 1. The molecule has 1 aromatic carbocycles. The third-order valence-corrected chi connectivity index (χ3v) is 5.21. The van der Waals surface area contributed by atoms with Crippen LogP contribution in [0, 0.1) is 6.92 Å². The van der Waals surface area contributed by atoms with Gasteiger partial charge in [0.1, 0.15) is 5.82 Å². The van der Waals surface area contributed by atoms with Crippen LogP contribution in [0.3, 0.4) is 0 Å². The van der Waals surface area contributed by atoms with Gasteiger partial charge in [0, 0.05) is 29.0 Å². The summed E-state index contributed by atoms with van der Waals surface area (Å²) in [7, 11) is 1.99. The van der Waals surface area contributed by atoms with Crippen molar-refractivity contribution in [3.8, 4) is 0 Å². The monoisotopic (exact) mass is 352 g/mol. The van der Waals surface area contributed by atoms with Crippen molar-refractivity contribution in [1.29, 1.82) is 0 Å². The van der Waals surface area contributed by atoms with Crippen LogP contribution in [0.15, 0.2) is 32.7 Å². The summed E-state index contributed by atoms with van der Waals surface area (Å²) in [4.78, 5) is 1.17. The molecule has 6 heteroatoms. The molecule has 1 saturated carbocycles. The predicted molar refractivity (Wildman–Crippen MR) is 83.9 cm³/mol. The molecule has 0 bridgehead atoms. The van der Waals surface area contributed by atoms with Crippen molar-refractivity contribution in [2.24, 2.45) is 7.05 Å². The van der Waals surface area contributed by atoms with Gasteiger partial charge in [0.15, 0.2) is 5.16 Å². The minimum Gasteiger partial charge on any atom is -0.310 e. The van der Waals surface area contributed by atoms with Gasteiger partial charge in [-0.1, -0.05) is 22.0 Å². The molecule has 1 aliphatic carbocycles. The topological polar surface area (TPSA) is 42.7 Å². The smallest absolute Gasteiger partial charge is 0.195 e. The number of hydrogen-bond donors (Lipinski definition) is 1. The molecule has 3 rings (SSSR count). The van der Waals surface area contributed by atoms with Crippen LogP contribution >= 0.6 is 27.7 Å². The average Bonchev–Trinajstić information content (AvgIpc) is 3.20. The molecule has 1 aromatic heterocycles. The van der Waals surface area contributed by atoms with E-state index in [4.69, 9.17) is 0 Å². The summed E-state index contributed by atoms with van der Waals surface area (Å²) in [5, 5.41) is 12.7. The lowest BCUT2D eigenvalue weighted by Gasteiger charge is -2.08. The summed E-state index contributed by atoms with van der Waals surface area (Å²) in [6.45, 7) is 2.89. The third kappa shape index (κ3) is 3.24. The number of nitrogens with zero attached hydrogens (tertiary/aromatic N) is 3. The Morgan fingerprint density at radius 3 is 2.80 bits per heavy atom. The van der Waals surface area contributed by atoms with Crippen molar-refractivity contribution in [3.63, 3.8) is 0 Å². The van der Waals surface area contributed by atoms with Crippen LogP contribution in [-0.2, 0) is 13.6 Å². The highest BCUT2D eigenvalue weighted by molar-refractivity contribution is 9.10. The summed E-state index contributed by atoms with van der Waals surface area (Å²) in [5.41, 5.74) is 1.30. The lowest BCUT2D eigenvalue weighted by Crippen LogP contribution is -2.15. The van der Waals surface area contributed by atoms with E-state index >= 15 is 0 Å². The largest absolute Gasteiger partial charge is 0.310 e. The van der Waals surface area contributed by atoms with Gasteiger partial charge in [0.25, 0.3) is 0 Å². The fourth-order valence-corrected chi connectivity index (χ4v) is 3.40. The van der Waals surface area contributed by atoms with E-state index in [1.807, 2.05) is 18.5 Å². The van der Waals surface area contributed by atoms with Crippen LogP contribution in [0.1, 0.15) is 24.2 Å². The van der Waals surface area contributed by atoms with Crippen LogP contribution in [0.25, 0.3) is 0 Å². The van der Waals surface area contributed by atoms with Gasteiger partial charge < -0.3 is 9.88 Å². The van der Waals surface area contributed by atoms with Crippen LogP contribution in [0.5, 0.6) is 0 Å². The average molecular weight is 353 g/mol. The Hall–Kier alpha value is -0.850. The molecule has 1 fully saturated rings. The maximum Gasteiger partial charge on any atom is 0.195 e. The summed E-state index contributed by atoms with van der Waals surface area (Å²) in [6, 6.07) is 7.20. The molecule has 0 saturated heterocycles. The van der Waals surface area contributed by atoms with E-state index in [-0.39, 0.29) is 0 Å². The normalized spacial score (nSPS) is 14.8. The van der Waals surface area contributed by atoms with Gasteiger partial charge in [-0.15, -0.1) is 10.2 Å². The highest BCUT2D eigenvalue weighted by Crippen LogP contribution is 2.30. The fourth-order valence-electron chi connectivity index (χ4n) is 1.86. The van der Waals surface area contributed by atoms with Gasteiger partial charge >= 0.3 is 0 Å². The maximum absolute atomic E-state index is 4.18. The number of aromatic nitrogens is 3. The van der Waals surface area contributed by atoms with Gasteiger partial charge in [0.2, 0.25) is 0 Å². The molecule has 0 unspecified atom stereocenters. The van der Waals surface area contributed by atoms with E-state index in [1.165, 1.54) is 23.3 Å². The van der Waals surface area contributed by atoms with Crippen LogP contribution in [0.4, 0.5) is 0 Å². The zero-order valence-electron chi connectivity index (χ0n) is 11.6. The lowest BCUT2D eigenvalue weighted by molar-refractivity contribution is 0.685. The molecule has 1 aliphatic rings. The minimum atomic E-state index is 0.734. The van der Waals surface area contributed by atoms with Crippen LogP contribution in [-0.4, -0.2) is 20.8 Å². The van der Waals surface area contributed by atoms with Crippen LogP contribution < -0.4 is 5.32 Å². The molecular weight excluding hydrogens is 336 g/mol. The Labute approximate surface area is 131 Å². The quantitative estimate of drug-likeness (QED) is 0.896. The fraction of sp³-hybridized carbons (Fsp3) is 0.429. The first kappa shape index (κ1) is 14.1. The minimum absolute atomic E-state index is 0.734. The summed E-state index contributed by atoms with van der Waals surface area (Å²) < 4.78 is 3.15. The predicted octanol–water partition coefficient (Wildman–Crippen LogP) is 3.29. The van der Waals surface area contributed by atoms with Gasteiger partial charge in [-0.05, 0) is 49.2 Å². The Kier molecular flexibility index (Phi) is 4.14. The first-order valence-electron chi connectivity index (χ1n) is 6.69. The van der Waals surface area contributed by atoms with Crippen molar-refractivity contribution < 1.29 is 0 Å². The van der Waals surface area contributed by atoms with E-state index in [0.29, 0.717) is 0 Å². The number of aryl methyl sites for hydroxylation is 1. The van der Waals surface area contributed by atoms with E-state index in [9.17, 15) is 0 Å². The van der Waals surface area contributed by atoms with Crippen molar-refractivity contribution in [2.45, 2.75) is 42.4 Å². The Morgan fingerprint density at radius 1 is 1.40 bits per heavy atom. The summed E-state index contributed by atoms with van der Waals surface area (Å²) >= 11 is 5.29. The zero-order valence-corrected chi connectivity index (χ0v) is 14.0. The highest BCUT2D eigenvalue weighted by atomic mass is 79.9. The first-order chi connectivity index (χ1) is 9.63. The molecular formula is C14H17BrN4S. The summed E-state index contributed by atoms with van der Waals surface area (Å²) in [6.07, 6.45) is 2.63. The molecule has 0 aliphatic heterocycles. The number of nitrogens with one attached hydrogen (secondary N) is 1. The molecule has 0 amide bonds.